The van der Waals surface area contributed by atoms with Crippen molar-refractivity contribution >= 4 is 23.7 Å². The minimum atomic E-state index is -1.29. The van der Waals surface area contributed by atoms with Crippen LogP contribution in [0.3, 0.4) is 0 Å². The summed E-state index contributed by atoms with van der Waals surface area (Å²) < 4.78 is 0. The highest BCUT2D eigenvalue weighted by molar-refractivity contribution is 5.94. The Morgan fingerprint density at radius 3 is 2.51 bits per heavy atom. The molecule has 0 aliphatic carbocycles. The summed E-state index contributed by atoms with van der Waals surface area (Å²) in [5.41, 5.74) is 7.28. The first kappa shape index (κ1) is 25.8. The second-order valence-corrected chi connectivity index (χ2v) is 8.41. The summed E-state index contributed by atoms with van der Waals surface area (Å²) in [6.07, 6.45) is 4.08. The zero-order valence-electron chi connectivity index (χ0n) is 19.1. The number of aliphatic hydroxyl groups excluding tert-OH is 1. The molecule has 4 unspecified atom stereocenters. The van der Waals surface area contributed by atoms with Crippen LogP contribution in [0.15, 0.2) is 42.9 Å². The zero-order chi connectivity index (χ0) is 25.4. The highest BCUT2D eigenvalue weighted by atomic mass is 16.4. The molecule has 4 atom stereocenters. The number of hydrogen-bond acceptors (Lipinski definition) is 7. The number of aromatic nitrogens is 2. The van der Waals surface area contributed by atoms with Gasteiger partial charge < -0.3 is 36.5 Å². The standard InChI is InChI=1S/C23H30N6O6/c24-16(10-15-11-25-13-26-15)20(31)28-18(12-30)22(33)29-8-4-7-19(29)21(32)27-17(23(34)35)9-14-5-2-1-3-6-14/h1-3,5-6,11,13,16-19,30H,4,7-10,12,24H2,(H,25,26)(H,27,32)(H,28,31)(H,34,35). The smallest absolute Gasteiger partial charge is 0.326 e. The zero-order valence-corrected chi connectivity index (χ0v) is 19.1. The van der Waals surface area contributed by atoms with E-state index in [4.69, 9.17) is 5.73 Å². The van der Waals surface area contributed by atoms with Crippen LogP contribution in [0, 0.1) is 0 Å². The molecule has 3 amide bonds. The van der Waals surface area contributed by atoms with E-state index < -0.39 is 54.5 Å². The molecule has 1 aliphatic heterocycles. The van der Waals surface area contributed by atoms with Gasteiger partial charge in [-0.1, -0.05) is 30.3 Å². The molecule has 0 saturated carbocycles. The molecule has 1 fully saturated rings. The summed E-state index contributed by atoms with van der Waals surface area (Å²) >= 11 is 0. The Hall–Kier alpha value is -3.77. The van der Waals surface area contributed by atoms with E-state index in [-0.39, 0.29) is 19.4 Å². The van der Waals surface area contributed by atoms with Gasteiger partial charge in [0, 0.05) is 31.3 Å². The Morgan fingerprint density at radius 2 is 1.89 bits per heavy atom. The number of amides is 3. The average Bonchev–Trinajstić information content (AvgIpc) is 3.54. The van der Waals surface area contributed by atoms with E-state index in [0.29, 0.717) is 18.5 Å². The summed E-state index contributed by atoms with van der Waals surface area (Å²) in [5.74, 6) is -3.06. The van der Waals surface area contributed by atoms with Crippen molar-refractivity contribution in [3.8, 4) is 0 Å². The number of aliphatic carboxylic acids is 1. The van der Waals surface area contributed by atoms with Gasteiger partial charge in [0.1, 0.15) is 18.1 Å². The van der Waals surface area contributed by atoms with Crippen LogP contribution in [-0.2, 0) is 32.0 Å². The number of aromatic amines is 1. The molecule has 2 aromatic rings. The number of nitrogens with zero attached hydrogens (tertiary/aromatic N) is 2. The number of carbonyl (C=O) groups is 4. The van der Waals surface area contributed by atoms with Gasteiger partial charge in [-0.15, -0.1) is 0 Å². The number of carbonyl (C=O) groups excluding carboxylic acids is 3. The molecular weight excluding hydrogens is 456 g/mol. The predicted molar refractivity (Wildman–Crippen MR) is 124 cm³/mol. The maximum atomic E-state index is 13.1. The number of nitrogens with one attached hydrogen (secondary N) is 3. The van der Waals surface area contributed by atoms with E-state index in [1.807, 2.05) is 0 Å². The van der Waals surface area contributed by atoms with Crippen LogP contribution < -0.4 is 16.4 Å². The van der Waals surface area contributed by atoms with Crippen LogP contribution in [0.4, 0.5) is 0 Å². The fourth-order valence-corrected chi connectivity index (χ4v) is 4.01. The van der Waals surface area contributed by atoms with Crippen molar-refractivity contribution < 1.29 is 29.4 Å². The van der Waals surface area contributed by atoms with Gasteiger partial charge in [-0.2, -0.15) is 0 Å². The Morgan fingerprint density at radius 1 is 1.14 bits per heavy atom. The van der Waals surface area contributed by atoms with E-state index in [2.05, 4.69) is 20.6 Å². The van der Waals surface area contributed by atoms with Gasteiger partial charge in [-0.25, -0.2) is 9.78 Å². The number of nitrogens with two attached hydrogens (primary N) is 1. The maximum Gasteiger partial charge on any atom is 0.326 e. The first-order valence-corrected chi connectivity index (χ1v) is 11.3. The van der Waals surface area contributed by atoms with E-state index in [9.17, 15) is 29.4 Å². The summed E-state index contributed by atoms with van der Waals surface area (Å²) in [5, 5.41) is 24.3. The third kappa shape index (κ3) is 6.87. The lowest BCUT2D eigenvalue weighted by Crippen LogP contribution is -2.58. The Balaban J connectivity index is 1.61. The normalized spacial score (nSPS) is 17.9. The van der Waals surface area contributed by atoms with Crippen LogP contribution in [-0.4, -0.2) is 86.1 Å². The first-order valence-electron chi connectivity index (χ1n) is 11.3. The molecule has 1 aromatic heterocycles. The molecule has 1 saturated heterocycles. The predicted octanol–water partition coefficient (Wildman–Crippen LogP) is -1.44. The fourth-order valence-electron chi connectivity index (χ4n) is 4.01. The molecule has 35 heavy (non-hydrogen) atoms. The van der Waals surface area contributed by atoms with Crippen molar-refractivity contribution in [2.24, 2.45) is 5.73 Å². The van der Waals surface area contributed by atoms with E-state index in [1.165, 1.54) is 17.4 Å². The molecule has 1 aromatic carbocycles. The molecular formula is C23H30N6O6. The number of imidazole rings is 1. The maximum absolute atomic E-state index is 13.1. The fraction of sp³-hybridized carbons (Fsp3) is 0.435. The van der Waals surface area contributed by atoms with E-state index in [1.54, 1.807) is 30.3 Å². The Bertz CT molecular complexity index is 1010. The van der Waals surface area contributed by atoms with Gasteiger partial charge in [-0.3, -0.25) is 14.4 Å². The molecule has 0 bridgehead atoms. The Kier molecular flexibility index (Phi) is 8.92. The van der Waals surface area contributed by atoms with Crippen LogP contribution in [0.1, 0.15) is 24.1 Å². The number of rotatable bonds is 11. The van der Waals surface area contributed by atoms with Crippen LogP contribution in [0.2, 0.25) is 0 Å². The monoisotopic (exact) mass is 486 g/mol. The first-order chi connectivity index (χ1) is 16.8. The number of carboxylic acid groups (broad SMARTS) is 1. The summed E-state index contributed by atoms with van der Waals surface area (Å²) in [4.78, 5) is 58.2. The molecule has 12 nitrogen and oxygen atoms in total. The van der Waals surface area contributed by atoms with Gasteiger partial charge in [0.15, 0.2) is 0 Å². The van der Waals surface area contributed by atoms with Crippen LogP contribution >= 0.6 is 0 Å². The minimum Gasteiger partial charge on any atom is -0.480 e. The molecule has 0 spiro atoms. The van der Waals surface area contributed by atoms with Crippen molar-refractivity contribution in [1.82, 2.24) is 25.5 Å². The van der Waals surface area contributed by atoms with Crippen molar-refractivity contribution in [2.75, 3.05) is 13.2 Å². The third-order valence-corrected chi connectivity index (χ3v) is 5.86. The molecule has 12 heteroatoms. The SMILES string of the molecule is NC(Cc1cnc[nH]1)C(=O)NC(CO)C(=O)N1CCCC1C(=O)NC(Cc1ccccc1)C(=O)O. The lowest BCUT2D eigenvalue weighted by Gasteiger charge is -2.29. The Labute approximate surface area is 201 Å². The number of H-pyrrole nitrogens is 1. The van der Waals surface area contributed by atoms with Crippen molar-refractivity contribution in [3.63, 3.8) is 0 Å². The quantitative estimate of drug-likeness (QED) is 0.222. The van der Waals surface area contributed by atoms with Gasteiger partial charge in [0.25, 0.3) is 0 Å². The molecule has 1 aliphatic rings. The summed E-state index contributed by atoms with van der Waals surface area (Å²) in [7, 11) is 0. The topological polar surface area (TPSA) is 191 Å². The van der Waals surface area contributed by atoms with Crippen molar-refractivity contribution in [3.05, 3.63) is 54.1 Å². The third-order valence-electron chi connectivity index (χ3n) is 5.86. The van der Waals surface area contributed by atoms with E-state index >= 15 is 0 Å². The number of aliphatic hydroxyl groups is 1. The molecule has 188 valence electrons. The molecule has 0 radical (unpaired) electrons. The lowest BCUT2D eigenvalue weighted by molar-refractivity contribution is -0.145. The van der Waals surface area contributed by atoms with Crippen molar-refractivity contribution in [2.45, 2.75) is 49.9 Å². The minimum absolute atomic E-state index is 0.0894. The number of benzene rings is 1. The van der Waals surface area contributed by atoms with Gasteiger partial charge >= 0.3 is 5.97 Å². The van der Waals surface area contributed by atoms with Crippen LogP contribution in [0.25, 0.3) is 0 Å². The molecule has 7 N–H and O–H groups in total. The van der Waals surface area contributed by atoms with E-state index in [0.717, 1.165) is 5.56 Å². The largest absolute Gasteiger partial charge is 0.480 e. The highest BCUT2D eigenvalue weighted by Gasteiger charge is 2.39. The van der Waals surface area contributed by atoms with Gasteiger partial charge in [-0.05, 0) is 18.4 Å². The highest BCUT2D eigenvalue weighted by Crippen LogP contribution is 2.19. The van der Waals surface area contributed by atoms with Gasteiger partial charge in [0.05, 0.1) is 19.0 Å². The number of carboxylic acids is 1. The second kappa shape index (κ2) is 12.1. The summed E-state index contributed by atoms with van der Waals surface area (Å²) in [6, 6.07) is 4.53. The number of likely N-dealkylation sites (tertiary alicyclic amines) is 1. The van der Waals surface area contributed by atoms with Gasteiger partial charge in [0.2, 0.25) is 17.7 Å². The van der Waals surface area contributed by atoms with Crippen LogP contribution in [0.5, 0.6) is 0 Å². The second-order valence-electron chi connectivity index (χ2n) is 8.41. The number of hydrogen-bond donors (Lipinski definition) is 6. The molecule has 2 heterocycles. The van der Waals surface area contributed by atoms with Crippen molar-refractivity contribution in [1.29, 1.82) is 0 Å². The average molecular weight is 487 g/mol. The summed E-state index contributed by atoms with van der Waals surface area (Å²) in [6.45, 7) is -0.447. The lowest BCUT2D eigenvalue weighted by atomic mass is 10.1. The molecule has 3 rings (SSSR count).